The summed E-state index contributed by atoms with van der Waals surface area (Å²) in [6.45, 7) is 12.9. The van der Waals surface area contributed by atoms with E-state index < -0.39 is 0 Å². The van der Waals surface area contributed by atoms with Crippen molar-refractivity contribution in [3.8, 4) is 0 Å². The first-order valence-electron chi connectivity index (χ1n) is 6.19. The summed E-state index contributed by atoms with van der Waals surface area (Å²) in [5.74, 6) is 0. The van der Waals surface area contributed by atoms with Crippen LogP contribution in [-0.2, 0) is 0 Å². The number of nitrogens with one attached hydrogen (secondary N) is 1. The molecule has 0 aromatic carbocycles. The predicted molar refractivity (Wildman–Crippen MR) is 74.4 cm³/mol. The molecule has 0 fully saturated rings. The van der Waals surface area contributed by atoms with Crippen LogP contribution >= 0.6 is 0 Å². The summed E-state index contributed by atoms with van der Waals surface area (Å²) in [7, 11) is 1.92. The molecule has 0 heterocycles. The second-order valence-corrected chi connectivity index (χ2v) is 4.78. The van der Waals surface area contributed by atoms with Crippen LogP contribution in [0.2, 0.25) is 0 Å². The fourth-order valence-corrected chi connectivity index (χ4v) is 1.72. The highest BCUT2D eigenvalue weighted by Crippen LogP contribution is 2.32. The average Bonchev–Trinajstić information content (AvgIpc) is 2.30. The molecule has 0 aromatic rings. The molecular weight excluding hydrogens is 194 g/mol. The number of likely N-dealkylation sites (N-methyl/N-ethyl adjacent to an activating group) is 1. The first kappa shape index (κ1) is 15.0. The molecule has 0 aromatic heterocycles. The van der Waals surface area contributed by atoms with Gasteiger partial charge in [-0.3, -0.25) is 0 Å². The molecule has 0 radical (unpaired) electrons. The van der Waals surface area contributed by atoms with Gasteiger partial charge in [0.1, 0.15) is 0 Å². The first-order chi connectivity index (χ1) is 7.51. The van der Waals surface area contributed by atoms with E-state index >= 15 is 0 Å². The van der Waals surface area contributed by atoms with Crippen molar-refractivity contribution in [3.05, 3.63) is 36.1 Å². The molecule has 0 rings (SSSR count). The van der Waals surface area contributed by atoms with Gasteiger partial charge in [-0.25, -0.2) is 0 Å². The smallest absolute Gasteiger partial charge is 0.0331 e. The van der Waals surface area contributed by atoms with Crippen molar-refractivity contribution in [3.63, 3.8) is 0 Å². The van der Waals surface area contributed by atoms with Gasteiger partial charge in [0, 0.05) is 12.7 Å². The van der Waals surface area contributed by atoms with E-state index in [4.69, 9.17) is 0 Å². The summed E-state index contributed by atoms with van der Waals surface area (Å²) >= 11 is 0. The molecule has 0 saturated heterocycles. The number of allylic oxidation sites excluding steroid dienone is 4. The molecule has 0 saturated carbocycles. The van der Waals surface area contributed by atoms with E-state index in [2.05, 4.69) is 51.7 Å². The normalized spacial score (nSPS) is 13.8. The highest BCUT2D eigenvalue weighted by Gasteiger charge is 2.19. The third-order valence-corrected chi connectivity index (χ3v) is 3.47. The summed E-state index contributed by atoms with van der Waals surface area (Å²) in [5.41, 5.74) is 2.94. The molecule has 0 amide bonds. The topological polar surface area (TPSA) is 12.0 Å². The van der Waals surface area contributed by atoms with Gasteiger partial charge in [0.15, 0.2) is 0 Å². The molecule has 0 aliphatic heterocycles. The van der Waals surface area contributed by atoms with Gasteiger partial charge in [-0.15, -0.1) is 0 Å². The summed E-state index contributed by atoms with van der Waals surface area (Å²) < 4.78 is 0. The molecule has 0 aliphatic rings. The Hall–Kier alpha value is -0.980. The maximum atomic E-state index is 3.76. The van der Waals surface area contributed by atoms with Gasteiger partial charge in [0.05, 0.1) is 0 Å². The summed E-state index contributed by atoms with van der Waals surface area (Å²) in [5, 5.41) is 3.10. The Balaban J connectivity index is 4.56. The third-order valence-electron chi connectivity index (χ3n) is 3.47. The van der Waals surface area contributed by atoms with Crippen LogP contribution in [0.25, 0.3) is 0 Å². The average molecular weight is 221 g/mol. The minimum absolute atomic E-state index is 0.447. The van der Waals surface area contributed by atoms with Crippen LogP contribution in [0.4, 0.5) is 0 Å². The highest BCUT2D eigenvalue weighted by molar-refractivity contribution is 5.22. The van der Waals surface area contributed by atoms with Crippen LogP contribution in [-0.4, -0.2) is 7.05 Å². The molecule has 1 nitrogen and oxygen atoms in total. The highest BCUT2D eigenvalue weighted by atomic mass is 14.8. The largest absolute Gasteiger partial charge is 0.388 e. The van der Waals surface area contributed by atoms with Crippen molar-refractivity contribution in [2.24, 2.45) is 5.41 Å². The van der Waals surface area contributed by atoms with Crippen molar-refractivity contribution < 1.29 is 0 Å². The molecule has 92 valence electrons. The fraction of sp³-hybridized carbons (Fsp3) is 0.600. The van der Waals surface area contributed by atoms with Gasteiger partial charge in [0.25, 0.3) is 0 Å². The molecule has 0 spiro atoms. The molecule has 0 unspecified atom stereocenters. The molecule has 0 bridgehead atoms. The molecular formula is C15H27N. The van der Waals surface area contributed by atoms with Gasteiger partial charge >= 0.3 is 0 Å². The van der Waals surface area contributed by atoms with Crippen molar-refractivity contribution in [1.82, 2.24) is 5.32 Å². The van der Waals surface area contributed by atoms with Crippen LogP contribution in [0.1, 0.15) is 47.0 Å². The van der Waals surface area contributed by atoms with Gasteiger partial charge < -0.3 is 5.32 Å². The quantitative estimate of drug-likeness (QED) is 0.627. The lowest BCUT2D eigenvalue weighted by molar-refractivity contribution is 0.295. The molecule has 1 N–H and O–H groups in total. The summed E-state index contributed by atoms with van der Waals surface area (Å²) in [6, 6.07) is 0. The lowest BCUT2D eigenvalue weighted by Gasteiger charge is -2.26. The zero-order valence-electron chi connectivity index (χ0n) is 11.6. The maximum Gasteiger partial charge on any atom is 0.0331 e. The van der Waals surface area contributed by atoms with Crippen LogP contribution in [0.15, 0.2) is 36.1 Å². The molecule has 0 aliphatic carbocycles. The van der Waals surface area contributed by atoms with E-state index in [1.807, 2.05) is 13.1 Å². The molecule has 1 heteroatoms. The van der Waals surface area contributed by atoms with E-state index in [0.717, 1.165) is 5.70 Å². The SMILES string of the molecule is C=C/C(=C\C=C(/C)CC(C)(CC)CC)NC. The van der Waals surface area contributed by atoms with Gasteiger partial charge in [-0.2, -0.15) is 0 Å². The number of rotatable bonds is 7. The maximum absolute atomic E-state index is 3.76. The Bertz CT molecular complexity index is 267. The zero-order valence-corrected chi connectivity index (χ0v) is 11.6. The molecule has 16 heavy (non-hydrogen) atoms. The second kappa shape index (κ2) is 7.32. The van der Waals surface area contributed by atoms with E-state index in [9.17, 15) is 0 Å². The molecule has 0 atom stereocenters. The van der Waals surface area contributed by atoms with Crippen LogP contribution in [0.5, 0.6) is 0 Å². The standard InChI is InChI=1S/C15H27N/c1-7-14(16-6)11-10-13(4)12-15(5,8-2)9-3/h7,10-11,16H,1,8-9,12H2,2-6H3/b13-10+,14-11+. The number of hydrogen-bond acceptors (Lipinski definition) is 1. The van der Waals surface area contributed by atoms with Crippen molar-refractivity contribution in [2.75, 3.05) is 7.05 Å². The summed E-state index contributed by atoms with van der Waals surface area (Å²) in [4.78, 5) is 0. The van der Waals surface area contributed by atoms with Gasteiger partial charge in [0.2, 0.25) is 0 Å². The lowest BCUT2D eigenvalue weighted by atomic mass is 9.79. The Morgan fingerprint density at radius 1 is 1.25 bits per heavy atom. The minimum atomic E-state index is 0.447. The van der Waals surface area contributed by atoms with Crippen molar-refractivity contribution >= 4 is 0 Å². The van der Waals surface area contributed by atoms with Gasteiger partial charge in [-0.05, 0) is 30.9 Å². The van der Waals surface area contributed by atoms with Gasteiger partial charge in [-0.1, -0.05) is 51.8 Å². The van der Waals surface area contributed by atoms with E-state index in [-0.39, 0.29) is 0 Å². The van der Waals surface area contributed by atoms with Crippen LogP contribution in [0.3, 0.4) is 0 Å². The van der Waals surface area contributed by atoms with Crippen LogP contribution in [0, 0.1) is 5.41 Å². The van der Waals surface area contributed by atoms with Crippen LogP contribution < -0.4 is 5.32 Å². The van der Waals surface area contributed by atoms with Crippen molar-refractivity contribution in [1.29, 1.82) is 0 Å². The third kappa shape index (κ3) is 5.20. The number of hydrogen-bond donors (Lipinski definition) is 1. The Morgan fingerprint density at radius 3 is 2.19 bits per heavy atom. The Labute approximate surface area is 101 Å². The predicted octanol–water partition coefficient (Wildman–Crippen LogP) is 4.44. The van der Waals surface area contributed by atoms with E-state index in [0.29, 0.717) is 5.41 Å². The van der Waals surface area contributed by atoms with Crippen molar-refractivity contribution in [2.45, 2.75) is 47.0 Å². The Morgan fingerprint density at radius 2 is 1.81 bits per heavy atom. The fourth-order valence-electron chi connectivity index (χ4n) is 1.72. The monoisotopic (exact) mass is 221 g/mol. The van der Waals surface area contributed by atoms with E-state index in [1.165, 1.54) is 24.8 Å². The van der Waals surface area contributed by atoms with E-state index in [1.54, 1.807) is 0 Å². The zero-order chi connectivity index (χ0) is 12.6. The lowest BCUT2D eigenvalue weighted by Crippen LogP contribution is -2.13. The first-order valence-corrected chi connectivity index (χ1v) is 6.19. The Kier molecular flexibility index (Phi) is 6.87. The summed E-state index contributed by atoms with van der Waals surface area (Å²) in [6.07, 6.45) is 9.76. The minimum Gasteiger partial charge on any atom is -0.388 e. The second-order valence-electron chi connectivity index (χ2n) is 4.78.